The summed E-state index contributed by atoms with van der Waals surface area (Å²) in [6, 6.07) is 3.91. The number of amides is 3. The van der Waals surface area contributed by atoms with Crippen molar-refractivity contribution >= 4 is 29.1 Å². The second-order valence-electron chi connectivity index (χ2n) is 6.23. The minimum atomic E-state index is -0.512. The van der Waals surface area contributed by atoms with Gasteiger partial charge in [0.25, 0.3) is 0 Å². The quantitative estimate of drug-likeness (QED) is 0.812. The Labute approximate surface area is 146 Å². The molecule has 1 fully saturated rings. The molecule has 1 aromatic rings. The smallest absolute Gasteiger partial charge is 0.242 e. The van der Waals surface area contributed by atoms with Gasteiger partial charge in [0.15, 0.2) is 0 Å². The first-order valence-electron chi connectivity index (χ1n) is 8.33. The van der Waals surface area contributed by atoms with Crippen LogP contribution in [-0.4, -0.2) is 46.7 Å². The number of nitrogens with two attached hydrogens (primary N) is 1. The SMILES string of the molecule is CC(=O)N(CC(=O)N(CC(N)=O)C1CCCCC1)Cc1cccs1. The number of hydrogen-bond donors (Lipinski definition) is 1. The lowest BCUT2D eigenvalue weighted by Gasteiger charge is -2.35. The highest BCUT2D eigenvalue weighted by Gasteiger charge is 2.28. The van der Waals surface area contributed by atoms with Gasteiger partial charge in [0.2, 0.25) is 17.7 Å². The van der Waals surface area contributed by atoms with Gasteiger partial charge in [-0.15, -0.1) is 11.3 Å². The van der Waals surface area contributed by atoms with Crippen LogP contribution in [0.1, 0.15) is 43.9 Å². The summed E-state index contributed by atoms with van der Waals surface area (Å²) in [6.07, 6.45) is 5.05. The first-order chi connectivity index (χ1) is 11.5. The van der Waals surface area contributed by atoms with Crippen molar-refractivity contribution in [1.82, 2.24) is 9.80 Å². The number of carbonyl (C=O) groups excluding carboxylic acids is 3. The van der Waals surface area contributed by atoms with E-state index < -0.39 is 5.91 Å². The second-order valence-corrected chi connectivity index (χ2v) is 7.27. The summed E-state index contributed by atoms with van der Waals surface area (Å²) in [7, 11) is 0. The maximum Gasteiger partial charge on any atom is 0.242 e. The van der Waals surface area contributed by atoms with Crippen molar-refractivity contribution < 1.29 is 14.4 Å². The average molecular weight is 351 g/mol. The Morgan fingerprint density at radius 2 is 1.92 bits per heavy atom. The molecule has 7 heteroatoms. The van der Waals surface area contributed by atoms with Crippen molar-refractivity contribution in [2.75, 3.05) is 13.1 Å². The summed E-state index contributed by atoms with van der Waals surface area (Å²) in [5.74, 6) is -0.867. The zero-order valence-corrected chi connectivity index (χ0v) is 14.9. The zero-order valence-electron chi connectivity index (χ0n) is 14.1. The van der Waals surface area contributed by atoms with Gasteiger partial charge in [-0.2, -0.15) is 0 Å². The van der Waals surface area contributed by atoms with E-state index in [0.717, 1.165) is 37.0 Å². The van der Waals surface area contributed by atoms with Gasteiger partial charge in [0.05, 0.1) is 13.1 Å². The van der Waals surface area contributed by atoms with Crippen LogP contribution in [0.15, 0.2) is 17.5 Å². The molecule has 1 saturated carbocycles. The molecule has 1 heterocycles. The van der Waals surface area contributed by atoms with Gasteiger partial charge in [-0.1, -0.05) is 25.3 Å². The minimum absolute atomic E-state index is 0.0169. The minimum Gasteiger partial charge on any atom is -0.368 e. The van der Waals surface area contributed by atoms with Crippen molar-refractivity contribution in [3.05, 3.63) is 22.4 Å². The van der Waals surface area contributed by atoms with Crippen LogP contribution in [0.5, 0.6) is 0 Å². The maximum atomic E-state index is 12.7. The molecule has 3 amide bonds. The summed E-state index contributed by atoms with van der Waals surface area (Å²) >= 11 is 1.55. The largest absolute Gasteiger partial charge is 0.368 e. The van der Waals surface area contributed by atoms with Crippen molar-refractivity contribution in [2.45, 2.75) is 51.6 Å². The molecule has 0 radical (unpaired) electrons. The molecule has 0 unspecified atom stereocenters. The van der Waals surface area contributed by atoms with Gasteiger partial charge < -0.3 is 15.5 Å². The highest BCUT2D eigenvalue weighted by atomic mass is 32.1. The molecule has 1 aliphatic rings. The fraction of sp³-hybridized carbons (Fsp3) is 0.588. The van der Waals surface area contributed by atoms with E-state index >= 15 is 0 Å². The van der Waals surface area contributed by atoms with Gasteiger partial charge in [-0.3, -0.25) is 14.4 Å². The molecule has 0 aliphatic heterocycles. The fourth-order valence-corrected chi connectivity index (χ4v) is 3.82. The molecule has 132 valence electrons. The van der Waals surface area contributed by atoms with E-state index in [-0.39, 0.29) is 30.9 Å². The van der Waals surface area contributed by atoms with Crippen LogP contribution in [0.3, 0.4) is 0 Å². The predicted molar refractivity (Wildman–Crippen MR) is 93.2 cm³/mol. The van der Waals surface area contributed by atoms with Crippen molar-refractivity contribution in [3.8, 4) is 0 Å². The van der Waals surface area contributed by atoms with Crippen LogP contribution < -0.4 is 5.73 Å². The third kappa shape index (κ3) is 5.33. The van der Waals surface area contributed by atoms with Crippen LogP contribution in [0, 0.1) is 0 Å². The second kappa shape index (κ2) is 8.82. The lowest BCUT2D eigenvalue weighted by atomic mass is 9.94. The van der Waals surface area contributed by atoms with E-state index in [0.29, 0.717) is 6.54 Å². The number of rotatable bonds is 7. The molecule has 2 N–H and O–H groups in total. The molecule has 1 aromatic heterocycles. The average Bonchev–Trinajstić information content (AvgIpc) is 3.05. The Balaban J connectivity index is 2.05. The third-order valence-corrected chi connectivity index (χ3v) is 5.22. The molecule has 2 rings (SSSR count). The van der Waals surface area contributed by atoms with E-state index in [1.165, 1.54) is 11.8 Å². The molecular weight excluding hydrogens is 326 g/mol. The molecule has 0 spiro atoms. The number of primary amides is 1. The fourth-order valence-electron chi connectivity index (χ4n) is 3.10. The van der Waals surface area contributed by atoms with E-state index in [1.807, 2.05) is 17.5 Å². The molecular formula is C17H25N3O3S. The van der Waals surface area contributed by atoms with E-state index in [2.05, 4.69) is 0 Å². The number of nitrogens with zero attached hydrogens (tertiary/aromatic N) is 2. The molecule has 0 bridgehead atoms. The van der Waals surface area contributed by atoms with Crippen molar-refractivity contribution in [3.63, 3.8) is 0 Å². The van der Waals surface area contributed by atoms with Gasteiger partial charge in [-0.05, 0) is 24.3 Å². The Morgan fingerprint density at radius 1 is 1.21 bits per heavy atom. The summed E-state index contributed by atoms with van der Waals surface area (Å²) in [6.45, 7) is 1.78. The van der Waals surface area contributed by atoms with E-state index in [4.69, 9.17) is 5.73 Å². The standard InChI is InChI=1S/C17H25N3O3S/c1-13(21)19(10-15-8-5-9-24-15)12-17(23)20(11-16(18)22)14-6-3-2-4-7-14/h5,8-9,14H,2-4,6-7,10-12H2,1H3,(H2,18,22). The van der Waals surface area contributed by atoms with Crippen molar-refractivity contribution in [2.24, 2.45) is 5.73 Å². The summed E-state index contributed by atoms with van der Waals surface area (Å²) in [5.41, 5.74) is 5.33. The van der Waals surface area contributed by atoms with E-state index in [9.17, 15) is 14.4 Å². The van der Waals surface area contributed by atoms with Gasteiger partial charge in [0, 0.05) is 17.8 Å². The lowest BCUT2D eigenvalue weighted by molar-refractivity contribution is -0.143. The summed E-state index contributed by atoms with van der Waals surface area (Å²) < 4.78 is 0. The summed E-state index contributed by atoms with van der Waals surface area (Å²) in [5, 5.41) is 1.94. The number of hydrogen-bond acceptors (Lipinski definition) is 4. The van der Waals surface area contributed by atoms with E-state index in [1.54, 1.807) is 16.2 Å². The van der Waals surface area contributed by atoms with Crippen molar-refractivity contribution in [1.29, 1.82) is 0 Å². The van der Waals surface area contributed by atoms with Gasteiger partial charge in [-0.25, -0.2) is 0 Å². The van der Waals surface area contributed by atoms with Crippen LogP contribution in [-0.2, 0) is 20.9 Å². The Bertz CT molecular complexity index is 568. The first kappa shape index (κ1) is 18.4. The molecule has 6 nitrogen and oxygen atoms in total. The number of thiophene rings is 1. The van der Waals surface area contributed by atoms with Crippen LogP contribution >= 0.6 is 11.3 Å². The Hall–Kier alpha value is -1.89. The molecule has 1 aliphatic carbocycles. The summed E-state index contributed by atoms with van der Waals surface area (Å²) in [4.78, 5) is 40.1. The lowest BCUT2D eigenvalue weighted by Crippen LogP contribution is -2.50. The van der Waals surface area contributed by atoms with Crippen LogP contribution in [0.2, 0.25) is 0 Å². The maximum absolute atomic E-state index is 12.7. The Kier molecular flexibility index (Phi) is 6.78. The highest BCUT2D eigenvalue weighted by Crippen LogP contribution is 2.23. The molecule has 24 heavy (non-hydrogen) atoms. The molecule has 0 saturated heterocycles. The van der Waals surface area contributed by atoms with Crippen LogP contribution in [0.4, 0.5) is 0 Å². The van der Waals surface area contributed by atoms with Crippen LogP contribution in [0.25, 0.3) is 0 Å². The van der Waals surface area contributed by atoms with Gasteiger partial charge >= 0.3 is 0 Å². The Morgan fingerprint density at radius 3 is 2.46 bits per heavy atom. The monoisotopic (exact) mass is 351 g/mol. The molecule has 0 atom stereocenters. The topological polar surface area (TPSA) is 83.7 Å². The zero-order chi connectivity index (χ0) is 17.5. The molecule has 0 aromatic carbocycles. The predicted octanol–water partition coefficient (Wildman–Crippen LogP) is 1.74. The van der Waals surface area contributed by atoms with Gasteiger partial charge in [0.1, 0.15) is 6.54 Å². The first-order valence-corrected chi connectivity index (χ1v) is 9.21. The third-order valence-electron chi connectivity index (χ3n) is 4.36. The highest BCUT2D eigenvalue weighted by molar-refractivity contribution is 7.09. The normalized spacial score (nSPS) is 15.0. The number of carbonyl (C=O) groups is 3.